The predicted octanol–water partition coefficient (Wildman–Crippen LogP) is 4.12. The third-order valence-electron chi connectivity index (χ3n) is 6.40. The summed E-state index contributed by atoms with van der Waals surface area (Å²) in [6, 6.07) is 3.40. The maximum absolute atomic E-state index is 13.5. The highest BCUT2D eigenvalue weighted by Crippen LogP contribution is 2.57. The molecule has 0 radical (unpaired) electrons. The maximum Gasteiger partial charge on any atom is 0.200 e. The standard InChI is InChI=1S/C23H26O5/c1-7-14-8-9-16-20(24)12(2)13(3)22(26)23(16,4)19(14)15-10-17(27-5)21(25)18(11-15)28-6/h7-8,10-11,16,19,25H,1,9H2,2-6H3. The second-order valence-corrected chi connectivity index (χ2v) is 7.63. The van der Waals surface area contributed by atoms with Gasteiger partial charge in [0.15, 0.2) is 23.1 Å². The number of allylic oxidation sites excluding steroid dienone is 5. The molecule has 1 aromatic carbocycles. The minimum Gasteiger partial charge on any atom is -0.502 e. The van der Waals surface area contributed by atoms with Crippen molar-refractivity contribution in [1.29, 1.82) is 0 Å². The molecule has 0 spiro atoms. The van der Waals surface area contributed by atoms with Crippen LogP contribution >= 0.6 is 0 Å². The summed E-state index contributed by atoms with van der Waals surface area (Å²) in [4.78, 5) is 26.5. The first-order chi connectivity index (χ1) is 13.2. The molecule has 0 aliphatic heterocycles. The van der Waals surface area contributed by atoms with E-state index in [9.17, 15) is 14.7 Å². The first kappa shape index (κ1) is 19.9. The van der Waals surface area contributed by atoms with Crippen LogP contribution in [0.15, 0.2) is 47.6 Å². The summed E-state index contributed by atoms with van der Waals surface area (Å²) in [6.07, 6.45) is 4.21. The lowest BCUT2D eigenvalue weighted by Gasteiger charge is -2.48. The van der Waals surface area contributed by atoms with Gasteiger partial charge in [-0.05, 0) is 54.7 Å². The quantitative estimate of drug-likeness (QED) is 0.848. The number of phenols is 1. The normalized spacial score (nSPS) is 27.2. The third-order valence-corrected chi connectivity index (χ3v) is 6.40. The smallest absolute Gasteiger partial charge is 0.200 e. The number of hydrogen-bond donors (Lipinski definition) is 1. The van der Waals surface area contributed by atoms with Crippen molar-refractivity contribution in [3.8, 4) is 17.2 Å². The van der Waals surface area contributed by atoms with Gasteiger partial charge in [0.1, 0.15) is 0 Å². The van der Waals surface area contributed by atoms with Gasteiger partial charge >= 0.3 is 0 Å². The van der Waals surface area contributed by atoms with Crippen molar-refractivity contribution in [3.05, 3.63) is 53.1 Å². The molecular formula is C23H26O5. The second-order valence-electron chi connectivity index (χ2n) is 7.63. The number of rotatable bonds is 4. The lowest BCUT2D eigenvalue weighted by Crippen LogP contribution is -2.50. The van der Waals surface area contributed by atoms with Crippen LogP contribution in [-0.2, 0) is 9.59 Å². The minimum absolute atomic E-state index is 0.0154. The molecule has 3 atom stereocenters. The summed E-state index contributed by atoms with van der Waals surface area (Å²) in [6.45, 7) is 9.23. The van der Waals surface area contributed by atoms with Gasteiger partial charge in [0, 0.05) is 11.8 Å². The van der Waals surface area contributed by atoms with Crippen molar-refractivity contribution in [2.45, 2.75) is 33.1 Å². The number of ether oxygens (including phenoxy) is 2. The van der Waals surface area contributed by atoms with E-state index in [0.29, 0.717) is 17.6 Å². The molecule has 1 N–H and O–H groups in total. The summed E-state index contributed by atoms with van der Waals surface area (Å²) in [5.41, 5.74) is 1.71. The highest BCUT2D eigenvalue weighted by atomic mass is 16.5. The van der Waals surface area contributed by atoms with Crippen LogP contribution in [0.25, 0.3) is 0 Å². The van der Waals surface area contributed by atoms with Crippen molar-refractivity contribution in [3.63, 3.8) is 0 Å². The number of carbonyl (C=O) groups excluding carboxylic acids is 2. The van der Waals surface area contributed by atoms with Gasteiger partial charge in [-0.15, -0.1) is 0 Å². The van der Waals surface area contributed by atoms with Gasteiger partial charge in [-0.25, -0.2) is 0 Å². The monoisotopic (exact) mass is 382 g/mol. The van der Waals surface area contributed by atoms with Crippen LogP contribution in [0.3, 0.4) is 0 Å². The Labute approximate surface area is 165 Å². The molecule has 3 rings (SSSR count). The van der Waals surface area contributed by atoms with Gasteiger partial charge in [0.25, 0.3) is 0 Å². The van der Waals surface area contributed by atoms with Crippen molar-refractivity contribution >= 4 is 11.6 Å². The summed E-state index contributed by atoms with van der Waals surface area (Å²) < 4.78 is 10.6. The number of ketones is 2. The second kappa shape index (κ2) is 6.97. The zero-order valence-corrected chi connectivity index (χ0v) is 17.0. The Morgan fingerprint density at radius 3 is 2.21 bits per heavy atom. The van der Waals surface area contributed by atoms with Crippen LogP contribution in [0.1, 0.15) is 38.7 Å². The molecule has 2 aliphatic rings. The van der Waals surface area contributed by atoms with Gasteiger partial charge in [-0.1, -0.05) is 25.7 Å². The molecule has 0 saturated heterocycles. The Balaban J connectivity index is 2.30. The van der Waals surface area contributed by atoms with Gasteiger partial charge in [0.2, 0.25) is 5.75 Å². The van der Waals surface area contributed by atoms with Crippen LogP contribution in [0, 0.1) is 11.3 Å². The zero-order chi connectivity index (χ0) is 20.8. The molecule has 0 heterocycles. The summed E-state index contributed by atoms with van der Waals surface area (Å²) in [7, 11) is 2.92. The number of phenolic OH excluding ortho intramolecular Hbond substituents is 1. The number of fused-ring (bicyclic) bond motifs is 1. The fraction of sp³-hybridized carbons (Fsp3) is 0.391. The molecule has 148 valence electrons. The number of methoxy groups -OCH3 is 2. The Bertz CT molecular complexity index is 911. The number of benzene rings is 1. The summed E-state index contributed by atoms with van der Waals surface area (Å²) in [5, 5.41) is 10.3. The molecule has 0 aromatic heterocycles. The topological polar surface area (TPSA) is 72.8 Å². The number of Topliss-reactive ketones (excluding diaryl/α,β-unsaturated/α-hetero) is 2. The number of carbonyl (C=O) groups is 2. The van der Waals surface area contributed by atoms with Gasteiger partial charge in [-0.2, -0.15) is 0 Å². The van der Waals surface area contributed by atoms with Crippen LogP contribution < -0.4 is 9.47 Å². The molecule has 1 aromatic rings. The van der Waals surface area contributed by atoms with Crippen molar-refractivity contribution in [2.24, 2.45) is 11.3 Å². The fourth-order valence-electron chi connectivity index (χ4n) is 4.67. The maximum atomic E-state index is 13.5. The Morgan fingerprint density at radius 2 is 1.71 bits per heavy atom. The van der Waals surface area contributed by atoms with Crippen molar-refractivity contribution in [1.82, 2.24) is 0 Å². The lowest BCUT2D eigenvalue weighted by molar-refractivity contribution is -0.138. The van der Waals surface area contributed by atoms with Gasteiger partial charge in [-0.3, -0.25) is 9.59 Å². The molecule has 0 bridgehead atoms. The van der Waals surface area contributed by atoms with E-state index in [4.69, 9.17) is 9.47 Å². The number of aromatic hydroxyl groups is 1. The van der Waals surface area contributed by atoms with E-state index in [0.717, 1.165) is 11.1 Å². The van der Waals surface area contributed by atoms with Crippen LogP contribution in [-0.4, -0.2) is 30.9 Å². The van der Waals surface area contributed by atoms with Crippen LogP contribution in [0.2, 0.25) is 0 Å². The van der Waals surface area contributed by atoms with E-state index in [1.807, 2.05) is 13.0 Å². The van der Waals surface area contributed by atoms with E-state index in [2.05, 4.69) is 6.58 Å². The van der Waals surface area contributed by atoms with Crippen molar-refractivity contribution in [2.75, 3.05) is 14.2 Å². The van der Waals surface area contributed by atoms with Crippen LogP contribution in [0.4, 0.5) is 0 Å². The molecule has 5 heteroatoms. The molecule has 0 amide bonds. The first-order valence-corrected chi connectivity index (χ1v) is 9.26. The Hall–Kier alpha value is -2.82. The van der Waals surface area contributed by atoms with Crippen LogP contribution in [0.5, 0.6) is 17.2 Å². The van der Waals surface area contributed by atoms with Gasteiger partial charge < -0.3 is 14.6 Å². The van der Waals surface area contributed by atoms with E-state index in [1.54, 1.807) is 32.1 Å². The van der Waals surface area contributed by atoms with E-state index in [1.165, 1.54) is 14.2 Å². The summed E-state index contributed by atoms with van der Waals surface area (Å²) in [5.74, 6) is -0.467. The lowest BCUT2D eigenvalue weighted by atomic mass is 9.52. The average Bonchev–Trinajstić information content (AvgIpc) is 2.70. The number of hydrogen-bond acceptors (Lipinski definition) is 5. The predicted molar refractivity (Wildman–Crippen MR) is 107 cm³/mol. The van der Waals surface area contributed by atoms with E-state index in [-0.39, 0.29) is 28.8 Å². The molecule has 28 heavy (non-hydrogen) atoms. The highest BCUT2D eigenvalue weighted by Gasteiger charge is 2.56. The SMILES string of the molecule is C=CC1=CCC2C(=O)C(C)=C(C)C(=O)C2(C)C1c1cc(OC)c(O)c(OC)c1. The minimum atomic E-state index is -0.952. The third kappa shape index (κ3) is 2.60. The van der Waals surface area contributed by atoms with Gasteiger partial charge in [0.05, 0.1) is 19.6 Å². The first-order valence-electron chi connectivity index (χ1n) is 9.26. The zero-order valence-electron chi connectivity index (χ0n) is 17.0. The molecule has 0 fully saturated rings. The molecular weight excluding hydrogens is 356 g/mol. The highest BCUT2D eigenvalue weighted by molar-refractivity contribution is 6.15. The molecule has 0 saturated carbocycles. The summed E-state index contributed by atoms with van der Waals surface area (Å²) >= 11 is 0. The Morgan fingerprint density at radius 1 is 1.14 bits per heavy atom. The van der Waals surface area contributed by atoms with E-state index >= 15 is 0 Å². The average molecular weight is 382 g/mol. The molecule has 2 aliphatic carbocycles. The van der Waals surface area contributed by atoms with E-state index < -0.39 is 17.3 Å². The fourth-order valence-corrected chi connectivity index (χ4v) is 4.67. The largest absolute Gasteiger partial charge is 0.502 e. The molecule has 3 unspecified atom stereocenters. The van der Waals surface area contributed by atoms with Crippen molar-refractivity contribution < 1.29 is 24.2 Å². The Kier molecular flexibility index (Phi) is 4.96. The molecule has 5 nitrogen and oxygen atoms in total.